The highest BCUT2D eigenvalue weighted by Gasteiger charge is 2.20. The molecule has 0 radical (unpaired) electrons. The minimum atomic E-state index is 0.827. The van der Waals surface area contributed by atoms with Crippen LogP contribution in [-0.2, 0) is 0 Å². The fourth-order valence-corrected chi connectivity index (χ4v) is 3.22. The van der Waals surface area contributed by atoms with Gasteiger partial charge in [-0.1, -0.05) is 19.1 Å². The molecular weight excluding hydrogens is 260 g/mol. The highest BCUT2D eigenvalue weighted by Crippen LogP contribution is 2.29. The number of para-hydroxylation sites is 1. The molecule has 4 rings (SSSR count). The average molecular weight is 280 g/mol. The van der Waals surface area contributed by atoms with Crippen molar-refractivity contribution in [1.29, 1.82) is 0 Å². The predicted molar refractivity (Wildman–Crippen MR) is 85.8 cm³/mol. The number of hydrogen-bond acceptors (Lipinski definition) is 3. The van der Waals surface area contributed by atoms with Gasteiger partial charge in [0.25, 0.3) is 0 Å². The fourth-order valence-electron chi connectivity index (χ4n) is 3.22. The van der Waals surface area contributed by atoms with Crippen LogP contribution in [0.15, 0.2) is 30.3 Å². The van der Waals surface area contributed by atoms with E-state index in [0.717, 1.165) is 41.7 Å². The van der Waals surface area contributed by atoms with Crippen molar-refractivity contribution < 1.29 is 0 Å². The number of rotatable bonds is 1. The van der Waals surface area contributed by atoms with E-state index in [1.165, 1.54) is 18.2 Å². The molecule has 0 spiro atoms. The first-order chi connectivity index (χ1) is 10.2. The van der Waals surface area contributed by atoms with Gasteiger partial charge in [0.15, 0.2) is 5.65 Å². The van der Waals surface area contributed by atoms with Crippen molar-refractivity contribution in [3.8, 4) is 0 Å². The molecule has 0 aliphatic carbocycles. The van der Waals surface area contributed by atoms with Gasteiger partial charge in [-0.25, -0.2) is 9.50 Å². The molecule has 0 atom stereocenters. The lowest BCUT2D eigenvalue weighted by Crippen LogP contribution is -2.33. The lowest BCUT2D eigenvalue weighted by Gasteiger charge is -2.32. The van der Waals surface area contributed by atoms with Crippen LogP contribution < -0.4 is 4.90 Å². The summed E-state index contributed by atoms with van der Waals surface area (Å²) < 4.78 is 1.96. The van der Waals surface area contributed by atoms with E-state index in [2.05, 4.69) is 47.3 Å². The van der Waals surface area contributed by atoms with E-state index < -0.39 is 0 Å². The van der Waals surface area contributed by atoms with Crippen molar-refractivity contribution in [2.75, 3.05) is 18.0 Å². The first-order valence-corrected chi connectivity index (χ1v) is 7.72. The Morgan fingerprint density at radius 2 is 1.90 bits per heavy atom. The number of aryl methyl sites for hydroxylation is 1. The number of piperidine rings is 1. The molecule has 0 unspecified atom stereocenters. The van der Waals surface area contributed by atoms with Crippen molar-refractivity contribution in [3.05, 3.63) is 36.0 Å². The minimum absolute atomic E-state index is 0.827. The number of nitrogens with zero attached hydrogens (tertiary/aromatic N) is 4. The number of aromatic nitrogens is 3. The van der Waals surface area contributed by atoms with E-state index in [1.54, 1.807) is 0 Å². The maximum absolute atomic E-state index is 4.90. The zero-order valence-corrected chi connectivity index (χ0v) is 12.6. The normalized spacial score (nSPS) is 17.0. The Balaban J connectivity index is 1.93. The third-order valence-electron chi connectivity index (χ3n) is 4.49. The summed E-state index contributed by atoms with van der Waals surface area (Å²) >= 11 is 0. The topological polar surface area (TPSA) is 33.4 Å². The van der Waals surface area contributed by atoms with Crippen LogP contribution in [0.2, 0.25) is 0 Å². The fraction of sp³-hybridized carbons (Fsp3) is 0.412. The van der Waals surface area contributed by atoms with Crippen molar-refractivity contribution in [3.63, 3.8) is 0 Å². The van der Waals surface area contributed by atoms with Crippen molar-refractivity contribution >= 4 is 22.4 Å². The molecule has 1 fully saturated rings. The molecule has 0 amide bonds. The van der Waals surface area contributed by atoms with Gasteiger partial charge in [-0.3, -0.25) is 0 Å². The van der Waals surface area contributed by atoms with E-state index in [0.29, 0.717) is 0 Å². The Bertz CT molecular complexity index is 797. The van der Waals surface area contributed by atoms with Gasteiger partial charge < -0.3 is 4.90 Å². The van der Waals surface area contributed by atoms with Gasteiger partial charge >= 0.3 is 0 Å². The molecule has 1 aromatic carbocycles. The Kier molecular flexibility index (Phi) is 2.84. The van der Waals surface area contributed by atoms with Crippen LogP contribution in [0, 0.1) is 12.8 Å². The third-order valence-corrected chi connectivity index (χ3v) is 4.49. The highest BCUT2D eigenvalue weighted by molar-refractivity contribution is 5.91. The van der Waals surface area contributed by atoms with Crippen LogP contribution in [0.5, 0.6) is 0 Å². The SMILES string of the molecule is Cc1cc2nc(N3CCC(C)CC3)c3ccccc3n2n1. The van der Waals surface area contributed by atoms with Crippen LogP contribution in [0.25, 0.3) is 16.6 Å². The predicted octanol–water partition coefficient (Wildman–Crippen LogP) is 3.43. The van der Waals surface area contributed by atoms with E-state index >= 15 is 0 Å². The first kappa shape index (κ1) is 12.6. The monoisotopic (exact) mass is 280 g/mol. The molecule has 2 aromatic heterocycles. The molecule has 3 heterocycles. The zero-order valence-electron chi connectivity index (χ0n) is 12.6. The van der Waals surface area contributed by atoms with Gasteiger partial charge in [-0.2, -0.15) is 5.10 Å². The number of benzene rings is 1. The molecule has 0 saturated carbocycles. The van der Waals surface area contributed by atoms with Crippen LogP contribution in [-0.4, -0.2) is 27.7 Å². The summed E-state index contributed by atoms with van der Waals surface area (Å²) in [6.45, 7) is 6.56. The maximum Gasteiger partial charge on any atom is 0.158 e. The largest absolute Gasteiger partial charge is 0.356 e. The zero-order chi connectivity index (χ0) is 14.4. The summed E-state index contributed by atoms with van der Waals surface area (Å²) in [6.07, 6.45) is 2.50. The summed E-state index contributed by atoms with van der Waals surface area (Å²) in [5, 5.41) is 5.77. The average Bonchev–Trinajstić information content (AvgIpc) is 2.88. The van der Waals surface area contributed by atoms with Gasteiger partial charge in [0.05, 0.1) is 11.2 Å². The standard InChI is InChI=1S/C17H20N4/c1-12-7-9-20(10-8-12)17-14-5-3-4-6-15(14)21-16(18-17)11-13(2)19-21/h3-6,11-12H,7-10H2,1-2H3. The van der Waals surface area contributed by atoms with Gasteiger partial charge in [-0.05, 0) is 37.8 Å². The van der Waals surface area contributed by atoms with Crippen molar-refractivity contribution in [2.45, 2.75) is 26.7 Å². The molecule has 1 aliphatic rings. The van der Waals surface area contributed by atoms with Gasteiger partial charge in [0.1, 0.15) is 5.82 Å². The molecule has 0 bridgehead atoms. The summed E-state index contributed by atoms with van der Waals surface area (Å²) in [4.78, 5) is 7.33. The Morgan fingerprint density at radius 1 is 1.14 bits per heavy atom. The molecule has 0 N–H and O–H groups in total. The summed E-state index contributed by atoms with van der Waals surface area (Å²) in [7, 11) is 0. The van der Waals surface area contributed by atoms with E-state index in [-0.39, 0.29) is 0 Å². The van der Waals surface area contributed by atoms with Crippen LogP contribution in [0.4, 0.5) is 5.82 Å². The van der Waals surface area contributed by atoms with Gasteiger partial charge in [-0.15, -0.1) is 0 Å². The van der Waals surface area contributed by atoms with E-state index in [1.807, 2.05) is 11.4 Å². The van der Waals surface area contributed by atoms with Crippen LogP contribution in [0.3, 0.4) is 0 Å². The lowest BCUT2D eigenvalue weighted by molar-refractivity contribution is 0.437. The molecule has 21 heavy (non-hydrogen) atoms. The summed E-state index contributed by atoms with van der Waals surface area (Å²) in [6, 6.07) is 10.5. The number of fused-ring (bicyclic) bond motifs is 3. The van der Waals surface area contributed by atoms with Crippen LogP contribution >= 0.6 is 0 Å². The highest BCUT2D eigenvalue weighted by atomic mass is 15.3. The molecule has 1 saturated heterocycles. The lowest BCUT2D eigenvalue weighted by atomic mass is 9.99. The first-order valence-electron chi connectivity index (χ1n) is 7.72. The molecule has 4 heteroatoms. The summed E-state index contributed by atoms with van der Waals surface area (Å²) in [5.74, 6) is 1.94. The van der Waals surface area contributed by atoms with Crippen LogP contribution in [0.1, 0.15) is 25.5 Å². The third kappa shape index (κ3) is 2.06. The quantitative estimate of drug-likeness (QED) is 0.685. The molecule has 108 valence electrons. The number of anilines is 1. The minimum Gasteiger partial charge on any atom is -0.356 e. The van der Waals surface area contributed by atoms with Crippen molar-refractivity contribution in [2.24, 2.45) is 5.92 Å². The summed E-state index contributed by atoms with van der Waals surface area (Å²) in [5.41, 5.74) is 3.10. The van der Waals surface area contributed by atoms with E-state index in [4.69, 9.17) is 4.98 Å². The van der Waals surface area contributed by atoms with Gasteiger partial charge in [0, 0.05) is 24.5 Å². The second kappa shape index (κ2) is 4.72. The maximum atomic E-state index is 4.90. The molecular formula is C17H20N4. The molecule has 4 nitrogen and oxygen atoms in total. The number of hydrogen-bond donors (Lipinski definition) is 0. The Labute approximate surface area is 124 Å². The smallest absolute Gasteiger partial charge is 0.158 e. The van der Waals surface area contributed by atoms with Gasteiger partial charge in [0.2, 0.25) is 0 Å². The van der Waals surface area contributed by atoms with E-state index in [9.17, 15) is 0 Å². The second-order valence-corrected chi connectivity index (χ2v) is 6.18. The Hall–Kier alpha value is -2.10. The second-order valence-electron chi connectivity index (χ2n) is 6.18. The molecule has 1 aliphatic heterocycles. The van der Waals surface area contributed by atoms with Crippen molar-refractivity contribution in [1.82, 2.24) is 14.6 Å². The Morgan fingerprint density at radius 3 is 2.71 bits per heavy atom. The molecule has 3 aromatic rings.